The number of anilines is 1. The number of sulfonamides is 1. The van der Waals surface area contributed by atoms with Crippen LogP contribution in [-0.2, 0) is 16.4 Å². The molecule has 7 nitrogen and oxygen atoms in total. The van der Waals surface area contributed by atoms with E-state index in [0.29, 0.717) is 29.7 Å². The Bertz CT molecular complexity index is 1170. The van der Waals surface area contributed by atoms with Crippen LogP contribution in [0.5, 0.6) is 0 Å². The maximum absolute atomic E-state index is 13.9. The van der Waals surface area contributed by atoms with Crippen LogP contribution in [-0.4, -0.2) is 49.2 Å². The first-order valence-corrected chi connectivity index (χ1v) is 9.73. The third-order valence-corrected chi connectivity index (χ3v) is 6.51. The van der Waals surface area contributed by atoms with Gasteiger partial charge in [0.25, 0.3) is 5.91 Å². The van der Waals surface area contributed by atoms with Crippen molar-refractivity contribution in [2.24, 2.45) is 0 Å². The molecule has 27 heavy (non-hydrogen) atoms. The van der Waals surface area contributed by atoms with Crippen LogP contribution in [0.15, 0.2) is 41.6 Å². The van der Waals surface area contributed by atoms with E-state index in [4.69, 9.17) is 0 Å². The van der Waals surface area contributed by atoms with Crippen molar-refractivity contribution in [1.82, 2.24) is 14.3 Å². The lowest BCUT2D eigenvalue weighted by Crippen LogP contribution is -2.29. The Balaban J connectivity index is 1.80. The second-order valence-electron chi connectivity index (χ2n) is 6.54. The highest BCUT2D eigenvalue weighted by atomic mass is 32.2. The fraction of sp³-hybridized carbons (Fsp3) is 0.222. The van der Waals surface area contributed by atoms with Gasteiger partial charge in [-0.1, -0.05) is 6.07 Å². The molecule has 1 amide bonds. The summed E-state index contributed by atoms with van der Waals surface area (Å²) in [5.74, 6) is -0.955. The van der Waals surface area contributed by atoms with Gasteiger partial charge in [-0.15, -0.1) is 0 Å². The summed E-state index contributed by atoms with van der Waals surface area (Å²) in [5, 5.41) is 0. The predicted molar refractivity (Wildman–Crippen MR) is 98.7 cm³/mol. The van der Waals surface area contributed by atoms with Gasteiger partial charge in [-0.05, 0) is 36.2 Å². The Morgan fingerprint density at radius 2 is 2.04 bits per heavy atom. The topological polar surface area (TPSA) is 86.4 Å². The number of carbonyl (C=O) groups excluding carboxylic acids is 1. The van der Waals surface area contributed by atoms with Crippen LogP contribution in [0.3, 0.4) is 0 Å². The Morgan fingerprint density at radius 1 is 1.26 bits per heavy atom. The number of nitrogens with one attached hydrogen (secondary N) is 1. The molecule has 3 aromatic rings. The van der Waals surface area contributed by atoms with E-state index in [0.717, 1.165) is 15.9 Å². The lowest BCUT2D eigenvalue weighted by Gasteiger charge is -2.19. The second-order valence-corrected chi connectivity index (χ2v) is 8.69. The zero-order valence-electron chi connectivity index (χ0n) is 14.7. The number of amides is 1. The van der Waals surface area contributed by atoms with E-state index in [-0.39, 0.29) is 10.5 Å². The minimum atomic E-state index is -3.63. The van der Waals surface area contributed by atoms with E-state index >= 15 is 0 Å². The molecule has 0 unspecified atom stereocenters. The van der Waals surface area contributed by atoms with Gasteiger partial charge in [0.2, 0.25) is 10.0 Å². The molecule has 0 spiro atoms. The van der Waals surface area contributed by atoms with Crippen molar-refractivity contribution in [3.63, 3.8) is 0 Å². The van der Waals surface area contributed by atoms with Crippen molar-refractivity contribution < 1.29 is 17.6 Å². The van der Waals surface area contributed by atoms with E-state index in [1.54, 1.807) is 6.07 Å². The molecule has 0 aliphatic carbocycles. The molecule has 1 N–H and O–H groups in total. The van der Waals surface area contributed by atoms with Gasteiger partial charge < -0.3 is 9.88 Å². The number of fused-ring (bicyclic) bond motifs is 2. The SMILES string of the molecule is CN(C)S(=O)(=O)c1ccc2c(c1)N(C(=O)c1cc(F)cc3[nH]cnc13)CC2. The average Bonchev–Trinajstić information content (AvgIpc) is 3.26. The lowest BCUT2D eigenvalue weighted by molar-refractivity contribution is 0.0990. The number of benzene rings is 2. The molecule has 140 valence electrons. The zero-order chi connectivity index (χ0) is 19.3. The maximum atomic E-state index is 13.9. The molecule has 1 aromatic heterocycles. The van der Waals surface area contributed by atoms with E-state index in [1.807, 2.05) is 0 Å². The van der Waals surface area contributed by atoms with E-state index in [2.05, 4.69) is 9.97 Å². The molecule has 0 radical (unpaired) electrons. The number of aromatic nitrogens is 2. The summed E-state index contributed by atoms with van der Waals surface area (Å²) in [6.07, 6.45) is 2.00. The van der Waals surface area contributed by atoms with Crippen molar-refractivity contribution in [2.45, 2.75) is 11.3 Å². The quantitative estimate of drug-likeness (QED) is 0.745. The van der Waals surface area contributed by atoms with Crippen LogP contribution in [0.2, 0.25) is 0 Å². The molecular formula is C18H17FN4O3S. The van der Waals surface area contributed by atoms with Crippen LogP contribution >= 0.6 is 0 Å². The van der Waals surface area contributed by atoms with E-state index < -0.39 is 21.7 Å². The molecule has 2 aromatic carbocycles. The number of hydrogen-bond donors (Lipinski definition) is 1. The average molecular weight is 388 g/mol. The molecule has 1 aliphatic heterocycles. The molecule has 0 bridgehead atoms. The number of halogens is 1. The van der Waals surface area contributed by atoms with Crippen LogP contribution < -0.4 is 4.90 Å². The monoisotopic (exact) mass is 388 g/mol. The van der Waals surface area contributed by atoms with Crippen LogP contribution in [0.25, 0.3) is 11.0 Å². The van der Waals surface area contributed by atoms with Crippen molar-refractivity contribution in [3.8, 4) is 0 Å². The highest BCUT2D eigenvalue weighted by Crippen LogP contribution is 2.33. The lowest BCUT2D eigenvalue weighted by atomic mass is 10.1. The number of aromatic amines is 1. The molecule has 9 heteroatoms. The molecule has 0 atom stereocenters. The molecule has 4 rings (SSSR count). The highest BCUT2D eigenvalue weighted by Gasteiger charge is 2.29. The fourth-order valence-electron chi connectivity index (χ4n) is 3.26. The van der Waals surface area contributed by atoms with Gasteiger partial charge in [0.1, 0.15) is 11.3 Å². The Kier molecular flexibility index (Phi) is 4.01. The van der Waals surface area contributed by atoms with Gasteiger partial charge in [0.05, 0.1) is 22.3 Å². The van der Waals surface area contributed by atoms with Crippen LogP contribution in [0, 0.1) is 5.82 Å². The van der Waals surface area contributed by atoms with Gasteiger partial charge in [-0.25, -0.2) is 22.1 Å². The number of imidazole rings is 1. The number of carbonyl (C=O) groups is 1. The van der Waals surface area contributed by atoms with Crippen LogP contribution in [0.4, 0.5) is 10.1 Å². The smallest absolute Gasteiger partial charge is 0.260 e. The first-order chi connectivity index (χ1) is 12.8. The minimum Gasteiger partial charge on any atom is -0.344 e. The summed E-state index contributed by atoms with van der Waals surface area (Å²) in [5.41, 5.74) is 2.35. The van der Waals surface area contributed by atoms with Crippen LogP contribution in [0.1, 0.15) is 15.9 Å². The minimum absolute atomic E-state index is 0.107. The number of H-pyrrole nitrogens is 1. The Hall–Kier alpha value is -2.78. The maximum Gasteiger partial charge on any atom is 0.260 e. The summed E-state index contributed by atoms with van der Waals surface area (Å²) in [6.45, 7) is 0.391. The third-order valence-electron chi connectivity index (χ3n) is 4.69. The molecular weight excluding hydrogens is 371 g/mol. The van der Waals surface area contributed by atoms with Crippen molar-refractivity contribution in [2.75, 3.05) is 25.5 Å². The van der Waals surface area contributed by atoms with Crippen molar-refractivity contribution >= 4 is 32.7 Å². The van der Waals surface area contributed by atoms with E-state index in [9.17, 15) is 17.6 Å². The Morgan fingerprint density at radius 3 is 2.78 bits per heavy atom. The number of rotatable bonds is 3. The standard InChI is InChI=1S/C18H17FN4O3S/c1-22(2)27(25,26)13-4-3-11-5-6-23(16(11)9-13)18(24)14-7-12(19)8-15-17(14)21-10-20-15/h3-4,7-10H,5-6H2,1-2H3,(H,20,21). The highest BCUT2D eigenvalue weighted by molar-refractivity contribution is 7.89. The van der Waals surface area contributed by atoms with Crippen molar-refractivity contribution in [3.05, 3.63) is 53.6 Å². The van der Waals surface area contributed by atoms with Gasteiger partial charge in [-0.3, -0.25) is 4.79 Å². The van der Waals surface area contributed by atoms with E-state index in [1.165, 1.54) is 43.5 Å². The third kappa shape index (κ3) is 2.79. The summed E-state index contributed by atoms with van der Waals surface area (Å²) in [4.78, 5) is 21.6. The van der Waals surface area contributed by atoms with Crippen molar-refractivity contribution in [1.29, 1.82) is 0 Å². The predicted octanol–water partition coefficient (Wildman–Crippen LogP) is 2.16. The van der Waals surface area contributed by atoms with Gasteiger partial charge in [0.15, 0.2) is 0 Å². The first kappa shape index (κ1) is 17.6. The largest absolute Gasteiger partial charge is 0.344 e. The number of hydrogen-bond acceptors (Lipinski definition) is 4. The molecule has 0 saturated heterocycles. The molecule has 0 saturated carbocycles. The first-order valence-electron chi connectivity index (χ1n) is 8.29. The summed E-state index contributed by atoms with van der Waals surface area (Å²) in [6, 6.07) is 7.18. The summed E-state index contributed by atoms with van der Waals surface area (Å²) < 4.78 is 39.9. The Labute approximate surface area is 155 Å². The summed E-state index contributed by atoms with van der Waals surface area (Å²) in [7, 11) is -0.725. The fourth-order valence-corrected chi connectivity index (χ4v) is 4.19. The summed E-state index contributed by atoms with van der Waals surface area (Å²) >= 11 is 0. The molecule has 0 fully saturated rings. The second kappa shape index (κ2) is 6.14. The van der Waals surface area contributed by atoms with Gasteiger partial charge in [0, 0.05) is 26.3 Å². The molecule has 1 aliphatic rings. The number of nitrogens with zero attached hydrogens (tertiary/aromatic N) is 3. The molecule has 2 heterocycles. The zero-order valence-corrected chi connectivity index (χ0v) is 15.5. The van der Waals surface area contributed by atoms with Gasteiger partial charge >= 0.3 is 0 Å². The van der Waals surface area contributed by atoms with Gasteiger partial charge in [-0.2, -0.15) is 0 Å². The normalized spacial score (nSPS) is 14.1.